The average Bonchev–Trinajstić information content (AvgIpc) is 3.19. The maximum atomic E-state index is 13.6. The van der Waals surface area contributed by atoms with Crippen molar-refractivity contribution in [3.05, 3.63) is 84.2 Å². The predicted octanol–water partition coefficient (Wildman–Crippen LogP) is 3.42. The van der Waals surface area contributed by atoms with Crippen molar-refractivity contribution >= 4 is 5.52 Å². The van der Waals surface area contributed by atoms with Crippen LogP contribution in [-0.4, -0.2) is 56.3 Å². The van der Waals surface area contributed by atoms with Crippen molar-refractivity contribution in [3.63, 3.8) is 0 Å². The van der Waals surface area contributed by atoms with Gasteiger partial charge in [0.2, 0.25) is 0 Å². The Morgan fingerprint density at radius 3 is 2.83 bits per heavy atom. The molecular formula is C23H23FN6. The molecule has 0 bridgehead atoms. The number of hydrogen-bond donors (Lipinski definition) is 0. The fraction of sp³-hybridized carbons (Fsp3) is 0.261. The third-order valence-electron chi connectivity index (χ3n) is 5.77. The van der Waals surface area contributed by atoms with Crippen molar-refractivity contribution in [3.8, 4) is 11.1 Å². The summed E-state index contributed by atoms with van der Waals surface area (Å²) in [4.78, 5) is 9.00. The van der Waals surface area contributed by atoms with Gasteiger partial charge in [-0.05, 0) is 42.4 Å². The summed E-state index contributed by atoms with van der Waals surface area (Å²) >= 11 is 0. The zero-order valence-electron chi connectivity index (χ0n) is 16.8. The molecule has 4 aromatic rings. The third kappa shape index (κ3) is 3.69. The number of fused-ring (bicyclic) bond motifs is 1. The molecule has 0 amide bonds. The maximum absolute atomic E-state index is 13.6. The van der Waals surface area contributed by atoms with E-state index in [-0.39, 0.29) is 11.9 Å². The Morgan fingerprint density at radius 2 is 2.00 bits per heavy atom. The van der Waals surface area contributed by atoms with Gasteiger partial charge in [0, 0.05) is 50.3 Å². The van der Waals surface area contributed by atoms with Crippen LogP contribution in [0.3, 0.4) is 0 Å². The number of halogens is 1. The number of aromatic nitrogens is 4. The summed E-state index contributed by atoms with van der Waals surface area (Å²) < 4.78 is 15.4. The number of hydrogen-bond acceptors (Lipinski definition) is 5. The Labute approximate surface area is 174 Å². The van der Waals surface area contributed by atoms with Crippen LogP contribution >= 0.6 is 0 Å². The maximum Gasteiger partial charge on any atom is 0.123 e. The van der Waals surface area contributed by atoms with E-state index in [0.29, 0.717) is 0 Å². The summed E-state index contributed by atoms with van der Waals surface area (Å²) in [5.74, 6) is -0.246. The molecule has 1 aliphatic rings. The number of likely N-dealkylation sites (N-methyl/N-ethyl adjacent to an activating group) is 1. The molecule has 4 heterocycles. The SMILES string of the molecule is CN1CCN(Cc2cccnc2)C[C@@H]1c1nnn2cc(-c3cccc(F)c3)ccc12. The molecule has 1 fully saturated rings. The topological polar surface area (TPSA) is 49.6 Å². The first-order chi connectivity index (χ1) is 14.7. The van der Waals surface area contributed by atoms with Gasteiger partial charge in [0.25, 0.3) is 0 Å². The van der Waals surface area contributed by atoms with Crippen molar-refractivity contribution < 1.29 is 4.39 Å². The van der Waals surface area contributed by atoms with E-state index in [2.05, 4.69) is 38.2 Å². The van der Waals surface area contributed by atoms with Gasteiger partial charge in [-0.3, -0.25) is 14.8 Å². The minimum absolute atomic E-state index is 0.160. The second-order valence-electron chi connectivity index (χ2n) is 7.83. The molecule has 0 unspecified atom stereocenters. The number of benzene rings is 1. The van der Waals surface area contributed by atoms with Gasteiger partial charge in [-0.15, -0.1) is 5.10 Å². The normalized spacial score (nSPS) is 18.1. The van der Waals surface area contributed by atoms with Crippen LogP contribution in [0.25, 0.3) is 16.6 Å². The lowest BCUT2D eigenvalue weighted by Crippen LogP contribution is -2.46. The predicted molar refractivity (Wildman–Crippen MR) is 113 cm³/mol. The van der Waals surface area contributed by atoms with E-state index in [0.717, 1.165) is 48.5 Å². The summed E-state index contributed by atoms with van der Waals surface area (Å²) in [5.41, 5.74) is 4.91. The fourth-order valence-corrected chi connectivity index (χ4v) is 4.11. The van der Waals surface area contributed by atoms with Crippen LogP contribution in [0.5, 0.6) is 0 Å². The molecule has 0 radical (unpaired) electrons. The first-order valence-electron chi connectivity index (χ1n) is 10.1. The van der Waals surface area contributed by atoms with E-state index in [1.54, 1.807) is 16.8 Å². The Bertz CT molecular complexity index is 1160. The van der Waals surface area contributed by atoms with Crippen LogP contribution in [0.1, 0.15) is 17.3 Å². The van der Waals surface area contributed by atoms with E-state index < -0.39 is 0 Å². The molecule has 1 aromatic carbocycles. The molecule has 0 N–H and O–H groups in total. The van der Waals surface area contributed by atoms with Gasteiger partial charge in [-0.1, -0.05) is 29.5 Å². The van der Waals surface area contributed by atoms with Crippen LogP contribution in [0.15, 0.2) is 67.1 Å². The lowest BCUT2D eigenvalue weighted by molar-refractivity contribution is 0.0889. The standard InChI is InChI=1S/C23H23FN6/c1-28-10-11-29(14-17-4-3-9-25-13-17)16-22(28)23-21-8-7-19(15-30(21)27-26-23)18-5-2-6-20(24)12-18/h2-9,12-13,15,22H,10-11,14,16H2,1H3/t22-/m1/s1. The molecule has 6 nitrogen and oxygen atoms in total. The second-order valence-corrected chi connectivity index (χ2v) is 7.83. The van der Waals surface area contributed by atoms with E-state index in [4.69, 9.17) is 0 Å². The van der Waals surface area contributed by atoms with Crippen molar-refractivity contribution in [2.75, 3.05) is 26.7 Å². The molecule has 152 valence electrons. The highest BCUT2D eigenvalue weighted by Crippen LogP contribution is 2.28. The summed E-state index contributed by atoms with van der Waals surface area (Å²) in [5, 5.41) is 8.89. The second kappa shape index (κ2) is 7.93. The summed E-state index contributed by atoms with van der Waals surface area (Å²) in [6.45, 7) is 3.72. The summed E-state index contributed by atoms with van der Waals surface area (Å²) in [6, 6.07) is 14.9. The van der Waals surface area contributed by atoms with Gasteiger partial charge in [0.15, 0.2) is 0 Å². The smallest absolute Gasteiger partial charge is 0.123 e. The number of nitrogens with zero attached hydrogens (tertiary/aromatic N) is 6. The number of piperazine rings is 1. The first-order valence-corrected chi connectivity index (χ1v) is 10.1. The van der Waals surface area contributed by atoms with Crippen molar-refractivity contribution in [1.29, 1.82) is 0 Å². The van der Waals surface area contributed by atoms with Gasteiger partial charge in [-0.2, -0.15) is 0 Å². The van der Waals surface area contributed by atoms with Gasteiger partial charge in [-0.25, -0.2) is 8.91 Å². The first kappa shape index (κ1) is 18.8. The molecule has 3 aromatic heterocycles. The van der Waals surface area contributed by atoms with Crippen LogP contribution in [-0.2, 0) is 6.54 Å². The quantitative estimate of drug-likeness (QED) is 0.524. The molecule has 0 saturated carbocycles. The largest absolute Gasteiger partial charge is 0.296 e. The van der Waals surface area contributed by atoms with E-state index in [1.807, 2.05) is 36.7 Å². The Balaban J connectivity index is 1.42. The Morgan fingerprint density at radius 1 is 1.07 bits per heavy atom. The zero-order chi connectivity index (χ0) is 20.5. The molecule has 1 aliphatic heterocycles. The van der Waals surface area contributed by atoms with Crippen molar-refractivity contribution in [1.82, 2.24) is 29.6 Å². The lowest BCUT2D eigenvalue weighted by atomic mass is 10.1. The van der Waals surface area contributed by atoms with E-state index in [1.165, 1.54) is 17.7 Å². The Kier molecular flexibility index (Phi) is 4.98. The van der Waals surface area contributed by atoms with Crippen LogP contribution in [0.4, 0.5) is 4.39 Å². The van der Waals surface area contributed by atoms with Crippen LogP contribution in [0.2, 0.25) is 0 Å². The monoisotopic (exact) mass is 402 g/mol. The van der Waals surface area contributed by atoms with Gasteiger partial charge >= 0.3 is 0 Å². The molecule has 5 rings (SSSR count). The molecule has 7 heteroatoms. The minimum Gasteiger partial charge on any atom is -0.296 e. The molecule has 0 aliphatic carbocycles. The highest BCUT2D eigenvalue weighted by molar-refractivity contribution is 5.66. The minimum atomic E-state index is -0.246. The van der Waals surface area contributed by atoms with Gasteiger partial charge < -0.3 is 0 Å². The molecular weight excluding hydrogens is 379 g/mol. The highest BCUT2D eigenvalue weighted by atomic mass is 19.1. The van der Waals surface area contributed by atoms with Crippen LogP contribution < -0.4 is 0 Å². The molecule has 1 saturated heterocycles. The zero-order valence-corrected chi connectivity index (χ0v) is 16.8. The van der Waals surface area contributed by atoms with E-state index >= 15 is 0 Å². The number of rotatable bonds is 4. The van der Waals surface area contributed by atoms with Gasteiger partial charge in [0.1, 0.15) is 11.5 Å². The summed E-state index contributed by atoms with van der Waals surface area (Å²) in [7, 11) is 2.14. The van der Waals surface area contributed by atoms with E-state index in [9.17, 15) is 4.39 Å². The summed E-state index contributed by atoms with van der Waals surface area (Å²) in [6.07, 6.45) is 5.64. The number of pyridine rings is 2. The molecule has 0 spiro atoms. The molecule has 30 heavy (non-hydrogen) atoms. The van der Waals surface area contributed by atoms with Gasteiger partial charge in [0.05, 0.1) is 11.6 Å². The van der Waals surface area contributed by atoms with Crippen LogP contribution in [0, 0.1) is 5.82 Å². The highest BCUT2D eigenvalue weighted by Gasteiger charge is 2.29. The fourth-order valence-electron chi connectivity index (χ4n) is 4.11. The average molecular weight is 402 g/mol. The Hall–Kier alpha value is -3.16. The van der Waals surface area contributed by atoms with Crippen molar-refractivity contribution in [2.24, 2.45) is 0 Å². The molecule has 1 atom stereocenters. The lowest BCUT2D eigenvalue weighted by Gasteiger charge is -2.38. The van der Waals surface area contributed by atoms with Crippen molar-refractivity contribution in [2.45, 2.75) is 12.6 Å². The third-order valence-corrected chi connectivity index (χ3v) is 5.77.